The third kappa shape index (κ3) is 3.30. The maximum atomic E-state index is 12.2. The second-order valence-corrected chi connectivity index (χ2v) is 5.76. The third-order valence-electron chi connectivity index (χ3n) is 3.06. The van der Waals surface area contributed by atoms with Crippen LogP contribution in [0.3, 0.4) is 0 Å². The van der Waals surface area contributed by atoms with Crippen molar-refractivity contribution in [1.82, 2.24) is 9.97 Å². The molecule has 4 nitrogen and oxygen atoms in total. The summed E-state index contributed by atoms with van der Waals surface area (Å²) in [6, 6.07) is 17.1. The van der Waals surface area contributed by atoms with Crippen LogP contribution in [0, 0.1) is 3.57 Å². The molecule has 0 radical (unpaired) electrons. The predicted molar refractivity (Wildman–Crippen MR) is 94.6 cm³/mol. The average molecular weight is 401 g/mol. The van der Waals surface area contributed by atoms with Crippen molar-refractivity contribution in [2.24, 2.45) is 0 Å². The van der Waals surface area contributed by atoms with Crippen LogP contribution < -0.4 is 5.32 Å². The van der Waals surface area contributed by atoms with Crippen molar-refractivity contribution >= 4 is 34.2 Å². The SMILES string of the molecule is O=C(Nc1cnc(-c2ccccc2)nc1)c1ccccc1I. The summed E-state index contributed by atoms with van der Waals surface area (Å²) in [5, 5.41) is 2.81. The van der Waals surface area contributed by atoms with E-state index in [1.54, 1.807) is 18.5 Å². The summed E-state index contributed by atoms with van der Waals surface area (Å²) < 4.78 is 0.902. The second-order valence-electron chi connectivity index (χ2n) is 4.60. The third-order valence-corrected chi connectivity index (χ3v) is 4.00. The highest BCUT2D eigenvalue weighted by molar-refractivity contribution is 14.1. The number of anilines is 1. The summed E-state index contributed by atoms with van der Waals surface area (Å²) in [6.45, 7) is 0. The second kappa shape index (κ2) is 6.65. The molecule has 0 bridgehead atoms. The number of hydrogen-bond acceptors (Lipinski definition) is 3. The first kappa shape index (κ1) is 14.6. The Kier molecular flexibility index (Phi) is 4.43. The molecule has 3 aromatic rings. The van der Waals surface area contributed by atoms with E-state index in [0.29, 0.717) is 17.1 Å². The number of benzene rings is 2. The monoisotopic (exact) mass is 401 g/mol. The van der Waals surface area contributed by atoms with Gasteiger partial charge < -0.3 is 5.32 Å². The van der Waals surface area contributed by atoms with E-state index in [-0.39, 0.29) is 5.91 Å². The first-order valence-corrected chi connectivity index (χ1v) is 7.75. The fourth-order valence-corrected chi connectivity index (χ4v) is 2.61. The molecule has 5 heteroatoms. The van der Waals surface area contributed by atoms with E-state index in [2.05, 4.69) is 37.9 Å². The molecule has 2 aromatic carbocycles. The van der Waals surface area contributed by atoms with Crippen LogP contribution in [0.15, 0.2) is 67.0 Å². The van der Waals surface area contributed by atoms with Gasteiger partial charge in [-0.05, 0) is 34.7 Å². The Labute approximate surface area is 141 Å². The Bertz CT molecular complexity index is 789. The van der Waals surface area contributed by atoms with E-state index in [9.17, 15) is 4.79 Å². The maximum Gasteiger partial charge on any atom is 0.256 e. The van der Waals surface area contributed by atoms with Crippen molar-refractivity contribution < 1.29 is 4.79 Å². The minimum Gasteiger partial charge on any atom is -0.319 e. The highest BCUT2D eigenvalue weighted by Gasteiger charge is 2.10. The number of halogens is 1. The molecular weight excluding hydrogens is 389 g/mol. The molecule has 0 aliphatic carbocycles. The van der Waals surface area contributed by atoms with Crippen LogP contribution in [0.1, 0.15) is 10.4 Å². The molecular formula is C17H12IN3O. The number of aromatic nitrogens is 2. The summed E-state index contributed by atoms with van der Waals surface area (Å²) in [7, 11) is 0. The fraction of sp³-hybridized carbons (Fsp3) is 0. The molecule has 0 atom stereocenters. The first-order valence-electron chi connectivity index (χ1n) is 6.67. The molecule has 0 aliphatic heterocycles. The summed E-state index contributed by atoms with van der Waals surface area (Å²) in [5.74, 6) is 0.467. The van der Waals surface area contributed by atoms with Gasteiger partial charge in [-0.2, -0.15) is 0 Å². The van der Waals surface area contributed by atoms with Crippen LogP contribution in [0.2, 0.25) is 0 Å². The van der Waals surface area contributed by atoms with Gasteiger partial charge in [0.25, 0.3) is 5.91 Å². The highest BCUT2D eigenvalue weighted by atomic mass is 127. The van der Waals surface area contributed by atoms with Gasteiger partial charge in [0, 0.05) is 9.13 Å². The van der Waals surface area contributed by atoms with E-state index in [1.165, 1.54) is 0 Å². The van der Waals surface area contributed by atoms with Crippen LogP contribution >= 0.6 is 22.6 Å². The van der Waals surface area contributed by atoms with Crippen molar-refractivity contribution in [3.8, 4) is 11.4 Å². The smallest absolute Gasteiger partial charge is 0.256 e. The Morgan fingerprint density at radius 1 is 0.909 bits per heavy atom. The van der Waals surface area contributed by atoms with Crippen LogP contribution in [0.5, 0.6) is 0 Å². The largest absolute Gasteiger partial charge is 0.319 e. The van der Waals surface area contributed by atoms with Gasteiger partial charge in [-0.15, -0.1) is 0 Å². The lowest BCUT2D eigenvalue weighted by atomic mass is 10.2. The fourth-order valence-electron chi connectivity index (χ4n) is 1.97. The number of carbonyl (C=O) groups excluding carboxylic acids is 1. The summed E-state index contributed by atoms with van der Waals surface area (Å²) in [6.07, 6.45) is 3.23. The molecule has 0 saturated carbocycles. The molecule has 0 saturated heterocycles. The van der Waals surface area contributed by atoms with E-state index in [4.69, 9.17) is 0 Å². The van der Waals surface area contributed by atoms with Gasteiger partial charge in [0.2, 0.25) is 0 Å². The van der Waals surface area contributed by atoms with Crippen LogP contribution in [0.25, 0.3) is 11.4 Å². The van der Waals surface area contributed by atoms with Gasteiger partial charge in [0.05, 0.1) is 23.6 Å². The summed E-state index contributed by atoms with van der Waals surface area (Å²) in [5.41, 5.74) is 2.15. The van der Waals surface area contributed by atoms with Crippen molar-refractivity contribution in [1.29, 1.82) is 0 Å². The van der Waals surface area contributed by atoms with Crippen LogP contribution in [-0.2, 0) is 0 Å². The lowest BCUT2D eigenvalue weighted by Crippen LogP contribution is -2.13. The topological polar surface area (TPSA) is 54.9 Å². The summed E-state index contributed by atoms with van der Waals surface area (Å²) in [4.78, 5) is 20.8. The van der Waals surface area contributed by atoms with E-state index in [1.807, 2.05) is 48.5 Å². The molecule has 0 spiro atoms. The van der Waals surface area contributed by atoms with E-state index in [0.717, 1.165) is 9.13 Å². The minimum atomic E-state index is -0.166. The number of amides is 1. The molecule has 0 aliphatic rings. The van der Waals surface area contributed by atoms with Crippen molar-refractivity contribution in [3.05, 3.63) is 76.1 Å². The Balaban J connectivity index is 1.77. The van der Waals surface area contributed by atoms with Gasteiger partial charge in [-0.3, -0.25) is 4.79 Å². The van der Waals surface area contributed by atoms with Crippen LogP contribution in [-0.4, -0.2) is 15.9 Å². The van der Waals surface area contributed by atoms with Crippen molar-refractivity contribution in [3.63, 3.8) is 0 Å². The predicted octanol–water partition coefficient (Wildman–Crippen LogP) is 4.00. The molecule has 0 unspecified atom stereocenters. The zero-order valence-electron chi connectivity index (χ0n) is 11.5. The molecule has 3 rings (SSSR count). The van der Waals surface area contributed by atoms with Crippen molar-refractivity contribution in [2.45, 2.75) is 0 Å². The Morgan fingerprint density at radius 2 is 1.55 bits per heavy atom. The number of nitrogens with one attached hydrogen (secondary N) is 1. The van der Waals surface area contributed by atoms with Gasteiger partial charge in [0.1, 0.15) is 0 Å². The Morgan fingerprint density at radius 3 is 2.23 bits per heavy atom. The zero-order valence-corrected chi connectivity index (χ0v) is 13.7. The van der Waals surface area contributed by atoms with Gasteiger partial charge in [-0.1, -0.05) is 42.5 Å². The van der Waals surface area contributed by atoms with Crippen LogP contribution in [0.4, 0.5) is 5.69 Å². The molecule has 108 valence electrons. The highest BCUT2D eigenvalue weighted by Crippen LogP contribution is 2.16. The standard InChI is InChI=1S/C17H12IN3O/c18-15-9-5-4-8-14(15)17(22)21-13-10-19-16(20-11-13)12-6-2-1-3-7-12/h1-11H,(H,21,22). The number of hydrogen-bond donors (Lipinski definition) is 1. The lowest BCUT2D eigenvalue weighted by Gasteiger charge is -2.07. The number of nitrogens with zero attached hydrogens (tertiary/aromatic N) is 2. The minimum absolute atomic E-state index is 0.166. The zero-order chi connectivity index (χ0) is 15.4. The van der Waals surface area contributed by atoms with E-state index >= 15 is 0 Å². The quantitative estimate of drug-likeness (QED) is 0.676. The number of carbonyl (C=O) groups is 1. The average Bonchev–Trinajstić information content (AvgIpc) is 2.57. The Hall–Kier alpha value is -2.28. The molecule has 1 aromatic heterocycles. The van der Waals surface area contributed by atoms with E-state index < -0.39 is 0 Å². The molecule has 1 amide bonds. The molecule has 1 N–H and O–H groups in total. The molecule has 0 fully saturated rings. The number of rotatable bonds is 3. The van der Waals surface area contributed by atoms with Gasteiger partial charge >= 0.3 is 0 Å². The normalized spacial score (nSPS) is 10.2. The molecule has 22 heavy (non-hydrogen) atoms. The summed E-state index contributed by atoms with van der Waals surface area (Å²) >= 11 is 2.14. The lowest BCUT2D eigenvalue weighted by molar-refractivity contribution is 0.102. The first-order chi connectivity index (χ1) is 10.7. The van der Waals surface area contributed by atoms with Gasteiger partial charge in [-0.25, -0.2) is 9.97 Å². The molecule has 1 heterocycles. The van der Waals surface area contributed by atoms with Crippen molar-refractivity contribution in [2.75, 3.05) is 5.32 Å². The maximum absolute atomic E-state index is 12.2. The van der Waals surface area contributed by atoms with Gasteiger partial charge in [0.15, 0.2) is 5.82 Å².